The topological polar surface area (TPSA) is 64.3 Å². The van der Waals surface area contributed by atoms with E-state index in [9.17, 15) is 4.79 Å². The van der Waals surface area contributed by atoms with Crippen LogP contribution in [-0.4, -0.2) is 31.7 Å². The van der Waals surface area contributed by atoms with Gasteiger partial charge in [-0.05, 0) is 25.2 Å². The Bertz CT molecular complexity index is 200. The Morgan fingerprint density at radius 3 is 2.64 bits per heavy atom. The lowest BCUT2D eigenvalue weighted by atomic mass is 9.82. The number of hydrogen-bond acceptors (Lipinski definition) is 3. The summed E-state index contributed by atoms with van der Waals surface area (Å²) in [5.74, 6) is -0.291. The zero-order valence-electron chi connectivity index (χ0n) is 9.01. The number of carbonyl (C=O) groups is 1. The van der Waals surface area contributed by atoms with Crippen molar-refractivity contribution >= 4 is 5.91 Å². The van der Waals surface area contributed by atoms with Gasteiger partial charge in [0.2, 0.25) is 5.91 Å². The van der Waals surface area contributed by atoms with Crippen molar-refractivity contribution < 1.29 is 9.53 Å². The summed E-state index contributed by atoms with van der Waals surface area (Å²) in [6.07, 6.45) is 2.09. The van der Waals surface area contributed by atoms with Gasteiger partial charge in [0.25, 0.3) is 0 Å². The third kappa shape index (κ3) is 3.27. The maximum absolute atomic E-state index is 10.8. The van der Waals surface area contributed by atoms with Crippen molar-refractivity contribution in [3.8, 4) is 0 Å². The molecule has 1 amide bonds. The van der Waals surface area contributed by atoms with Gasteiger partial charge in [-0.2, -0.15) is 0 Å². The van der Waals surface area contributed by atoms with Gasteiger partial charge in [-0.1, -0.05) is 6.92 Å². The summed E-state index contributed by atoms with van der Waals surface area (Å²) in [5.41, 5.74) is 5.42. The minimum absolute atomic E-state index is 0.241. The normalized spacial score (nSPS) is 23.0. The molecule has 4 heteroatoms. The molecule has 0 aromatic heterocycles. The molecular weight excluding hydrogens is 180 g/mol. The molecule has 0 aliphatic carbocycles. The van der Waals surface area contributed by atoms with Gasteiger partial charge in [-0.15, -0.1) is 0 Å². The molecule has 1 aliphatic heterocycles. The highest BCUT2D eigenvalue weighted by Gasteiger charge is 2.27. The van der Waals surface area contributed by atoms with Crippen LogP contribution in [0.5, 0.6) is 0 Å². The Morgan fingerprint density at radius 1 is 1.57 bits per heavy atom. The molecule has 0 bridgehead atoms. The summed E-state index contributed by atoms with van der Waals surface area (Å²) in [6.45, 7) is 6.49. The van der Waals surface area contributed by atoms with Crippen LogP contribution in [0.25, 0.3) is 0 Å². The lowest BCUT2D eigenvalue weighted by molar-refractivity contribution is -0.119. The van der Waals surface area contributed by atoms with Crippen LogP contribution in [0.15, 0.2) is 0 Å². The van der Waals surface area contributed by atoms with Crippen LogP contribution in [0.2, 0.25) is 0 Å². The Morgan fingerprint density at radius 2 is 2.14 bits per heavy atom. The molecule has 1 unspecified atom stereocenters. The molecule has 0 aromatic carbocycles. The second kappa shape index (κ2) is 4.75. The SMILES string of the molecule is CC(NCC1(C)CCOCC1)C(N)=O. The molecule has 1 fully saturated rings. The molecule has 0 aromatic rings. The molecule has 0 spiro atoms. The zero-order valence-corrected chi connectivity index (χ0v) is 9.01. The second-order valence-corrected chi connectivity index (χ2v) is 4.43. The van der Waals surface area contributed by atoms with Crippen molar-refractivity contribution in [2.75, 3.05) is 19.8 Å². The number of nitrogens with two attached hydrogens (primary N) is 1. The van der Waals surface area contributed by atoms with Gasteiger partial charge in [-0.3, -0.25) is 4.79 Å². The molecule has 1 saturated heterocycles. The third-order valence-electron chi connectivity index (χ3n) is 2.96. The first kappa shape index (κ1) is 11.5. The Labute approximate surface area is 85.2 Å². The van der Waals surface area contributed by atoms with Gasteiger partial charge in [-0.25, -0.2) is 0 Å². The molecule has 82 valence electrons. The fraction of sp³-hybridized carbons (Fsp3) is 0.900. The van der Waals surface area contributed by atoms with E-state index in [4.69, 9.17) is 10.5 Å². The largest absolute Gasteiger partial charge is 0.381 e. The van der Waals surface area contributed by atoms with E-state index in [1.54, 1.807) is 6.92 Å². The molecule has 1 atom stereocenters. The number of rotatable bonds is 4. The Kier molecular flexibility index (Phi) is 3.89. The van der Waals surface area contributed by atoms with E-state index in [0.29, 0.717) is 0 Å². The summed E-state index contributed by atoms with van der Waals surface area (Å²) in [6, 6.07) is -0.241. The van der Waals surface area contributed by atoms with Crippen LogP contribution < -0.4 is 11.1 Å². The number of primary amides is 1. The smallest absolute Gasteiger partial charge is 0.234 e. The van der Waals surface area contributed by atoms with Crippen molar-refractivity contribution in [2.45, 2.75) is 32.7 Å². The van der Waals surface area contributed by atoms with E-state index in [1.165, 1.54) is 0 Å². The number of carbonyl (C=O) groups excluding carboxylic acids is 1. The van der Waals surface area contributed by atoms with Gasteiger partial charge in [0.05, 0.1) is 6.04 Å². The second-order valence-electron chi connectivity index (χ2n) is 4.43. The molecule has 3 N–H and O–H groups in total. The summed E-state index contributed by atoms with van der Waals surface area (Å²) in [5, 5.41) is 3.16. The first-order chi connectivity index (χ1) is 6.53. The highest BCUT2D eigenvalue weighted by molar-refractivity contribution is 5.79. The number of ether oxygens (including phenoxy) is 1. The molecule has 4 nitrogen and oxygen atoms in total. The monoisotopic (exact) mass is 200 g/mol. The van der Waals surface area contributed by atoms with E-state index in [0.717, 1.165) is 32.6 Å². The summed E-state index contributed by atoms with van der Waals surface area (Å²) in [7, 11) is 0. The van der Waals surface area contributed by atoms with E-state index < -0.39 is 0 Å². The molecule has 0 radical (unpaired) electrons. The average molecular weight is 200 g/mol. The fourth-order valence-corrected chi connectivity index (χ4v) is 1.54. The van der Waals surface area contributed by atoms with Gasteiger partial charge in [0.1, 0.15) is 0 Å². The van der Waals surface area contributed by atoms with Crippen molar-refractivity contribution in [3.05, 3.63) is 0 Å². The number of nitrogens with one attached hydrogen (secondary N) is 1. The third-order valence-corrected chi connectivity index (χ3v) is 2.96. The predicted molar refractivity (Wildman–Crippen MR) is 54.8 cm³/mol. The van der Waals surface area contributed by atoms with Gasteiger partial charge < -0.3 is 15.8 Å². The highest BCUT2D eigenvalue weighted by Crippen LogP contribution is 2.28. The Hall–Kier alpha value is -0.610. The number of amides is 1. The van der Waals surface area contributed by atoms with Gasteiger partial charge in [0, 0.05) is 19.8 Å². The molecule has 14 heavy (non-hydrogen) atoms. The van der Waals surface area contributed by atoms with E-state index >= 15 is 0 Å². The van der Waals surface area contributed by atoms with E-state index in [2.05, 4.69) is 12.2 Å². The van der Waals surface area contributed by atoms with Crippen LogP contribution in [-0.2, 0) is 9.53 Å². The summed E-state index contributed by atoms with van der Waals surface area (Å²) < 4.78 is 5.30. The van der Waals surface area contributed by atoms with Crippen molar-refractivity contribution in [1.82, 2.24) is 5.32 Å². The lowest BCUT2D eigenvalue weighted by Gasteiger charge is -2.34. The summed E-state index contributed by atoms with van der Waals surface area (Å²) in [4.78, 5) is 10.8. The van der Waals surface area contributed by atoms with E-state index in [1.807, 2.05) is 0 Å². The Balaban J connectivity index is 2.31. The minimum Gasteiger partial charge on any atom is -0.381 e. The number of hydrogen-bond donors (Lipinski definition) is 2. The maximum atomic E-state index is 10.8. The molecule has 1 rings (SSSR count). The predicted octanol–water partition coefficient (Wildman–Crippen LogP) is 0.267. The van der Waals surface area contributed by atoms with Crippen LogP contribution in [0.1, 0.15) is 26.7 Å². The van der Waals surface area contributed by atoms with Crippen LogP contribution in [0, 0.1) is 5.41 Å². The highest BCUT2D eigenvalue weighted by atomic mass is 16.5. The van der Waals surface area contributed by atoms with Crippen molar-refractivity contribution in [1.29, 1.82) is 0 Å². The fourth-order valence-electron chi connectivity index (χ4n) is 1.54. The molecular formula is C10H20N2O2. The lowest BCUT2D eigenvalue weighted by Crippen LogP contribution is -2.45. The first-order valence-corrected chi connectivity index (χ1v) is 5.14. The average Bonchev–Trinajstić information content (AvgIpc) is 2.15. The minimum atomic E-state index is -0.291. The van der Waals surface area contributed by atoms with Crippen LogP contribution in [0.4, 0.5) is 0 Å². The van der Waals surface area contributed by atoms with Crippen molar-refractivity contribution in [3.63, 3.8) is 0 Å². The molecule has 1 heterocycles. The van der Waals surface area contributed by atoms with Gasteiger partial charge >= 0.3 is 0 Å². The standard InChI is InChI=1S/C10H20N2O2/c1-8(9(11)13)12-7-10(2)3-5-14-6-4-10/h8,12H,3-7H2,1-2H3,(H2,11,13). The first-order valence-electron chi connectivity index (χ1n) is 5.14. The van der Waals surface area contributed by atoms with E-state index in [-0.39, 0.29) is 17.4 Å². The van der Waals surface area contributed by atoms with Crippen LogP contribution in [0.3, 0.4) is 0 Å². The zero-order chi connectivity index (χ0) is 10.6. The summed E-state index contributed by atoms with van der Waals surface area (Å²) >= 11 is 0. The maximum Gasteiger partial charge on any atom is 0.234 e. The van der Waals surface area contributed by atoms with Gasteiger partial charge in [0.15, 0.2) is 0 Å². The van der Waals surface area contributed by atoms with Crippen molar-refractivity contribution in [2.24, 2.45) is 11.1 Å². The van der Waals surface area contributed by atoms with Crippen LogP contribution >= 0.6 is 0 Å². The molecule has 1 aliphatic rings. The molecule has 0 saturated carbocycles. The quantitative estimate of drug-likeness (QED) is 0.684.